The van der Waals surface area contributed by atoms with Gasteiger partial charge >= 0.3 is 5.97 Å². The Kier molecular flexibility index (Phi) is 4.48. The molecule has 5 heteroatoms. The van der Waals surface area contributed by atoms with Crippen LogP contribution in [-0.4, -0.2) is 35.5 Å². The molecule has 0 saturated heterocycles. The highest BCUT2D eigenvalue weighted by Gasteiger charge is 2.26. The molecule has 0 aliphatic heterocycles. The zero-order valence-electron chi connectivity index (χ0n) is 12.2. The van der Waals surface area contributed by atoms with Gasteiger partial charge in [0.2, 0.25) is 0 Å². The second kappa shape index (κ2) is 5.95. The van der Waals surface area contributed by atoms with E-state index in [0.717, 1.165) is 24.8 Å². The number of amides is 1. The largest absolute Gasteiger partial charge is 0.481 e. The van der Waals surface area contributed by atoms with Crippen molar-refractivity contribution in [3.05, 3.63) is 21.4 Å². The third-order valence-electron chi connectivity index (χ3n) is 3.95. The van der Waals surface area contributed by atoms with Gasteiger partial charge in [-0.1, -0.05) is 13.8 Å². The third-order valence-corrected chi connectivity index (χ3v) is 5.00. The number of thiophene rings is 1. The maximum atomic E-state index is 12.5. The number of carbonyl (C=O) groups is 2. The molecule has 4 nitrogen and oxygen atoms in total. The fraction of sp³-hybridized carbons (Fsp3) is 0.600. The fourth-order valence-corrected chi connectivity index (χ4v) is 3.87. The molecule has 2 unspecified atom stereocenters. The Labute approximate surface area is 123 Å². The average molecular weight is 295 g/mol. The first-order chi connectivity index (χ1) is 9.40. The standard InChI is InChI=1S/C15H21NO3S/c1-9-4-5-11-12(8-20-13(11)6-9)14(17)16(3)7-10(2)15(18)19/h8-10H,4-7H2,1-3H3,(H,18,19). The van der Waals surface area contributed by atoms with Gasteiger partial charge in [-0.3, -0.25) is 9.59 Å². The van der Waals surface area contributed by atoms with E-state index in [4.69, 9.17) is 5.11 Å². The lowest BCUT2D eigenvalue weighted by molar-refractivity contribution is -0.141. The zero-order chi connectivity index (χ0) is 14.9. The summed E-state index contributed by atoms with van der Waals surface area (Å²) >= 11 is 1.66. The highest BCUT2D eigenvalue weighted by atomic mass is 32.1. The maximum Gasteiger partial charge on any atom is 0.308 e. The Hall–Kier alpha value is -1.36. The fourth-order valence-electron chi connectivity index (χ4n) is 2.63. The molecule has 0 fully saturated rings. The molecule has 2 rings (SSSR count). The number of rotatable bonds is 4. The molecule has 1 aromatic rings. The summed E-state index contributed by atoms with van der Waals surface area (Å²) in [5.41, 5.74) is 1.96. The van der Waals surface area contributed by atoms with Crippen LogP contribution in [0.4, 0.5) is 0 Å². The molecule has 1 aliphatic carbocycles. The van der Waals surface area contributed by atoms with E-state index < -0.39 is 11.9 Å². The van der Waals surface area contributed by atoms with Crippen molar-refractivity contribution in [3.8, 4) is 0 Å². The van der Waals surface area contributed by atoms with Crippen LogP contribution >= 0.6 is 11.3 Å². The number of carbonyl (C=O) groups excluding carboxylic acids is 1. The predicted molar refractivity (Wildman–Crippen MR) is 79.3 cm³/mol. The summed E-state index contributed by atoms with van der Waals surface area (Å²) in [5.74, 6) is -0.775. The summed E-state index contributed by atoms with van der Waals surface area (Å²) in [4.78, 5) is 26.2. The summed E-state index contributed by atoms with van der Waals surface area (Å²) in [7, 11) is 1.68. The van der Waals surface area contributed by atoms with E-state index in [9.17, 15) is 9.59 Å². The lowest BCUT2D eigenvalue weighted by atomic mass is 9.88. The van der Waals surface area contributed by atoms with Crippen molar-refractivity contribution in [2.75, 3.05) is 13.6 Å². The van der Waals surface area contributed by atoms with Crippen LogP contribution in [0.3, 0.4) is 0 Å². The summed E-state index contributed by atoms with van der Waals surface area (Å²) in [6.45, 7) is 4.11. The third kappa shape index (κ3) is 3.03. The van der Waals surface area contributed by atoms with E-state index in [1.54, 1.807) is 25.3 Å². The quantitative estimate of drug-likeness (QED) is 0.929. The molecule has 1 heterocycles. The van der Waals surface area contributed by atoms with Crippen LogP contribution in [-0.2, 0) is 17.6 Å². The molecule has 0 bridgehead atoms. The molecule has 1 aliphatic rings. The number of carboxylic acid groups (broad SMARTS) is 1. The highest BCUT2D eigenvalue weighted by molar-refractivity contribution is 7.10. The molecular formula is C15H21NO3S. The summed E-state index contributed by atoms with van der Waals surface area (Å²) in [5, 5.41) is 10.9. The molecule has 1 aromatic heterocycles. The van der Waals surface area contributed by atoms with Crippen molar-refractivity contribution in [1.29, 1.82) is 0 Å². The van der Waals surface area contributed by atoms with Crippen molar-refractivity contribution in [3.63, 3.8) is 0 Å². The van der Waals surface area contributed by atoms with Crippen LogP contribution in [0.15, 0.2) is 5.38 Å². The monoisotopic (exact) mass is 295 g/mol. The van der Waals surface area contributed by atoms with Gasteiger partial charge in [0.1, 0.15) is 0 Å². The maximum absolute atomic E-state index is 12.5. The number of fused-ring (bicyclic) bond motifs is 1. The molecule has 2 atom stereocenters. The zero-order valence-corrected chi connectivity index (χ0v) is 13.0. The summed E-state index contributed by atoms with van der Waals surface area (Å²) < 4.78 is 0. The van der Waals surface area contributed by atoms with Gasteiger partial charge in [0.25, 0.3) is 5.91 Å². The van der Waals surface area contributed by atoms with Gasteiger partial charge in [-0.15, -0.1) is 11.3 Å². The Balaban J connectivity index is 2.12. The Bertz CT molecular complexity index is 523. The Morgan fingerprint density at radius 1 is 1.55 bits per heavy atom. The highest BCUT2D eigenvalue weighted by Crippen LogP contribution is 2.33. The van der Waals surface area contributed by atoms with Gasteiger partial charge in [-0.05, 0) is 30.7 Å². The molecule has 1 amide bonds. The normalized spacial score (nSPS) is 19.2. The number of hydrogen-bond donors (Lipinski definition) is 1. The van der Waals surface area contributed by atoms with Crippen LogP contribution in [0.5, 0.6) is 0 Å². The van der Waals surface area contributed by atoms with Crippen LogP contribution in [0.1, 0.15) is 41.1 Å². The average Bonchev–Trinajstić information content (AvgIpc) is 2.80. The Morgan fingerprint density at radius 2 is 2.25 bits per heavy atom. The topological polar surface area (TPSA) is 57.6 Å². The van der Waals surface area contributed by atoms with E-state index >= 15 is 0 Å². The predicted octanol–water partition coefficient (Wildman–Crippen LogP) is 2.67. The van der Waals surface area contributed by atoms with E-state index in [2.05, 4.69) is 6.92 Å². The minimum Gasteiger partial charge on any atom is -0.481 e. The van der Waals surface area contributed by atoms with E-state index in [0.29, 0.717) is 5.92 Å². The molecule has 1 N–H and O–H groups in total. The molecule has 0 saturated carbocycles. The first-order valence-electron chi connectivity index (χ1n) is 6.97. The summed E-state index contributed by atoms with van der Waals surface area (Å²) in [6, 6.07) is 0. The lowest BCUT2D eigenvalue weighted by Gasteiger charge is -2.22. The van der Waals surface area contributed by atoms with E-state index in [1.165, 1.54) is 15.3 Å². The number of aliphatic carboxylic acids is 1. The van der Waals surface area contributed by atoms with Gasteiger partial charge < -0.3 is 10.0 Å². The van der Waals surface area contributed by atoms with Gasteiger partial charge in [0.15, 0.2) is 0 Å². The molecule has 110 valence electrons. The second-order valence-electron chi connectivity index (χ2n) is 5.82. The number of nitrogens with zero attached hydrogens (tertiary/aromatic N) is 1. The van der Waals surface area contributed by atoms with Crippen molar-refractivity contribution in [2.24, 2.45) is 11.8 Å². The van der Waals surface area contributed by atoms with Crippen molar-refractivity contribution < 1.29 is 14.7 Å². The molecule has 20 heavy (non-hydrogen) atoms. The summed E-state index contributed by atoms with van der Waals surface area (Å²) in [6.07, 6.45) is 3.14. The molecular weight excluding hydrogens is 274 g/mol. The second-order valence-corrected chi connectivity index (χ2v) is 6.79. The van der Waals surface area contributed by atoms with Gasteiger partial charge in [-0.2, -0.15) is 0 Å². The first-order valence-corrected chi connectivity index (χ1v) is 7.85. The van der Waals surface area contributed by atoms with Crippen LogP contribution < -0.4 is 0 Å². The van der Waals surface area contributed by atoms with E-state index in [-0.39, 0.29) is 12.5 Å². The minimum atomic E-state index is -0.870. The van der Waals surface area contributed by atoms with Crippen LogP contribution in [0.25, 0.3) is 0 Å². The molecule has 0 aromatic carbocycles. The van der Waals surface area contributed by atoms with Crippen molar-refractivity contribution in [1.82, 2.24) is 4.90 Å². The molecule has 0 radical (unpaired) electrons. The minimum absolute atomic E-state index is 0.0508. The van der Waals surface area contributed by atoms with Gasteiger partial charge in [0, 0.05) is 23.8 Å². The SMILES string of the molecule is CC1CCc2c(C(=O)N(C)CC(C)C(=O)O)csc2C1. The van der Waals surface area contributed by atoms with Crippen LogP contribution in [0, 0.1) is 11.8 Å². The number of carboxylic acids is 1. The lowest BCUT2D eigenvalue weighted by Crippen LogP contribution is -2.34. The Morgan fingerprint density at radius 3 is 2.90 bits per heavy atom. The van der Waals surface area contributed by atoms with Gasteiger partial charge in [0.05, 0.1) is 11.5 Å². The van der Waals surface area contributed by atoms with Crippen LogP contribution in [0.2, 0.25) is 0 Å². The van der Waals surface area contributed by atoms with Gasteiger partial charge in [-0.25, -0.2) is 0 Å². The number of hydrogen-bond acceptors (Lipinski definition) is 3. The first kappa shape index (κ1) is 15.0. The van der Waals surface area contributed by atoms with Crippen molar-refractivity contribution in [2.45, 2.75) is 33.1 Å². The van der Waals surface area contributed by atoms with E-state index in [1.807, 2.05) is 5.38 Å². The molecule has 0 spiro atoms. The smallest absolute Gasteiger partial charge is 0.308 e. The van der Waals surface area contributed by atoms with Crippen molar-refractivity contribution >= 4 is 23.2 Å².